The first-order valence-electron chi connectivity index (χ1n) is 3.58. The molecule has 0 unspecified atom stereocenters. The first kappa shape index (κ1) is 7.85. The van der Waals surface area contributed by atoms with Gasteiger partial charge in [0, 0.05) is 11.4 Å². The number of nitrogens with one attached hydrogen (secondary N) is 2. The van der Waals surface area contributed by atoms with E-state index in [4.69, 9.17) is 0 Å². The molecule has 2 N–H and O–H groups in total. The van der Waals surface area contributed by atoms with Crippen LogP contribution in [0.3, 0.4) is 0 Å². The molecular formula is C8H13N3. The summed E-state index contributed by atoms with van der Waals surface area (Å²) < 4.78 is 0. The van der Waals surface area contributed by atoms with Crippen molar-refractivity contribution in [1.82, 2.24) is 15.3 Å². The molecule has 3 heteroatoms. The average Bonchev–Trinajstić information content (AvgIpc) is 2.31. The Morgan fingerprint density at radius 2 is 2.55 bits per heavy atom. The van der Waals surface area contributed by atoms with E-state index < -0.39 is 0 Å². The summed E-state index contributed by atoms with van der Waals surface area (Å²) in [5.74, 6) is 0. The Hall–Kier alpha value is -1.25. The third-order valence-corrected chi connectivity index (χ3v) is 1.49. The number of hydrogen-bond acceptors (Lipinski definition) is 2. The third-order valence-electron chi connectivity index (χ3n) is 1.49. The van der Waals surface area contributed by atoms with Gasteiger partial charge in [-0.2, -0.15) is 0 Å². The fourth-order valence-corrected chi connectivity index (χ4v) is 0.800. The molecule has 11 heavy (non-hydrogen) atoms. The topological polar surface area (TPSA) is 40.7 Å². The van der Waals surface area contributed by atoms with Gasteiger partial charge in [-0.1, -0.05) is 6.58 Å². The highest BCUT2D eigenvalue weighted by Gasteiger charge is 1.98. The van der Waals surface area contributed by atoms with Crippen molar-refractivity contribution in [1.29, 1.82) is 0 Å². The van der Waals surface area contributed by atoms with Gasteiger partial charge in [0.15, 0.2) is 0 Å². The summed E-state index contributed by atoms with van der Waals surface area (Å²) in [6.07, 6.45) is 1.70. The van der Waals surface area contributed by atoms with Crippen LogP contribution in [0.25, 0.3) is 0 Å². The molecule has 0 saturated carbocycles. The van der Waals surface area contributed by atoms with Crippen LogP contribution in [0.4, 0.5) is 0 Å². The SMILES string of the molecule is C=C(C)NCc1nc[nH]c1C. The maximum atomic E-state index is 4.13. The molecule has 0 bridgehead atoms. The van der Waals surface area contributed by atoms with Crippen molar-refractivity contribution in [2.45, 2.75) is 20.4 Å². The van der Waals surface area contributed by atoms with Crippen molar-refractivity contribution in [2.24, 2.45) is 0 Å². The van der Waals surface area contributed by atoms with Crippen LogP contribution < -0.4 is 5.32 Å². The maximum Gasteiger partial charge on any atom is 0.0925 e. The molecule has 0 aliphatic heterocycles. The summed E-state index contributed by atoms with van der Waals surface area (Å²) in [6.45, 7) is 8.42. The summed E-state index contributed by atoms with van der Waals surface area (Å²) in [5, 5.41) is 3.11. The molecule has 0 spiro atoms. The van der Waals surface area contributed by atoms with Crippen molar-refractivity contribution in [3.8, 4) is 0 Å². The molecule has 60 valence electrons. The highest BCUT2D eigenvalue weighted by atomic mass is 14.9. The first-order chi connectivity index (χ1) is 5.20. The van der Waals surface area contributed by atoms with Gasteiger partial charge in [0.2, 0.25) is 0 Å². The van der Waals surface area contributed by atoms with Crippen LogP contribution in [0.5, 0.6) is 0 Å². The van der Waals surface area contributed by atoms with Crippen LogP contribution in [-0.4, -0.2) is 9.97 Å². The monoisotopic (exact) mass is 151 g/mol. The van der Waals surface area contributed by atoms with Crippen molar-refractivity contribution in [3.63, 3.8) is 0 Å². The van der Waals surface area contributed by atoms with Crippen LogP contribution >= 0.6 is 0 Å². The molecule has 0 amide bonds. The Bertz CT molecular complexity index is 250. The Labute approximate surface area is 66.5 Å². The molecular weight excluding hydrogens is 138 g/mol. The second-order valence-electron chi connectivity index (χ2n) is 2.61. The number of aromatic nitrogens is 2. The molecule has 0 radical (unpaired) electrons. The molecule has 3 nitrogen and oxygen atoms in total. The summed E-state index contributed by atoms with van der Waals surface area (Å²) >= 11 is 0. The lowest BCUT2D eigenvalue weighted by molar-refractivity contribution is 0.790. The lowest BCUT2D eigenvalue weighted by Gasteiger charge is -2.02. The largest absolute Gasteiger partial charge is 0.383 e. The Morgan fingerprint density at radius 1 is 1.82 bits per heavy atom. The van der Waals surface area contributed by atoms with E-state index in [9.17, 15) is 0 Å². The molecule has 1 heterocycles. The molecule has 0 fully saturated rings. The minimum absolute atomic E-state index is 0.755. The molecule has 1 rings (SSSR count). The van der Waals surface area contributed by atoms with Crippen molar-refractivity contribution < 1.29 is 0 Å². The second kappa shape index (κ2) is 3.23. The highest BCUT2D eigenvalue weighted by Crippen LogP contribution is 1.99. The maximum absolute atomic E-state index is 4.13. The van der Waals surface area contributed by atoms with E-state index >= 15 is 0 Å². The van der Waals surface area contributed by atoms with Crippen LogP contribution in [-0.2, 0) is 6.54 Å². The van der Waals surface area contributed by atoms with E-state index in [0.717, 1.165) is 23.6 Å². The number of aromatic amines is 1. The molecule has 0 saturated heterocycles. The standard InChI is InChI=1S/C8H13N3/c1-6(2)9-4-8-7(3)10-5-11-8/h5,9H,1,4H2,2-3H3,(H,10,11). The second-order valence-corrected chi connectivity index (χ2v) is 2.61. The zero-order valence-electron chi connectivity index (χ0n) is 6.94. The number of nitrogens with zero attached hydrogens (tertiary/aromatic N) is 1. The average molecular weight is 151 g/mol. The summed E-state index contributed by atoms with van der Waals surface area (Å²) in [6, 6.07) is 0. The van der Waals surface area contributed by atoms with E-state index in [1.54, 1.807) is 6.33 Å². The molecule has 0 aliphatic rings. The third kappa shape index (κ3) is 2.11. The van der Waals surface area contributed by atoms with Crippen LogP contribution in [0.1, 0.15) is 18.3 Å². The number of rotatable bonds is 3. The van der Waals surface area contributed by atoms with Gasteiger partial charge >= 0.3 is 0 Å². The number of allylic oxidation sites excluding steroid dienone is 1. The van der Waals surface area contributed by atoms with Gasteiger partial charge in [-0.25, -0.2) is 4.98 Å². The van der Waals surface area contributed by atoms with Gasteiger partial charge in [-0.3, -0.25) is 0 Å². The van der Waals surface area contributed by atoms with Crippen LogP contribution in [0, 0.1) is 6.92 Å². The van der Waals surface area contributed by atoms with Crippen LogP contribution in [0.2, 0.25) is 0 Å². The Kier molecular flexibility index (Phi) is 2.31. The number of imidazole rings is 1. The smallest absolute Gasteiger partial charge is 0.0925 e. The first-order valence-corrected chi connectivity index (χ1v) is 3.58. The van der Waals surface area contributed by atoms with Crippen molar-refractivity contribution in [2.75, 3.05) is 0 Å². The van der Waals surface area contributed by atoms with Gasteiger partial charge in [0.25, 0.3) is 0 Å². The van der Waals surface area contributed by atoms with Gasteiger partial charge in [-0.05, 0) is 13.8 Å². The van der Waals surface area contributed by atoms with Gasteiger partial charge in [0.1, 0.15) is 0 Å². The quantitative estimate of drug-likeness (QED) is 0.684. The van der Waals surface area contributed by atoms with E-state index in [2.05, 4.69) is 21.9 Å². The molecule has 0 aliphatic carbocycles. The zero-order valence-corrected chi connectivity index (χ0v) is 6.94. The van der Waals surface area contributed by atoms with Gasteiger partial charge < -0.3 is 10.3 Å². The van der Waals surface area contributed by atoms with E-state index in [1.165, 1.54) is 0 Å². The van der Waals surface area contributed by atoms with Crippen molar-refractivity contribution >= 4 is 0 Å². The zero-order chi connectivity index (χ0) is 8.27. The van der Waals surface area contributed by atoms with Crippen molar-refractivity contribution in [3.05, 3.63) is 30.0 Å². The molecule has 0 atom stereocenters. The summed E-state index contributed by atoms with van der Waals surface area (Å²) in [7, 11) is 0. The van der Waals surface area contributed by atoms with Gasteiger partial charge in [-0.15, -0.1) is 0 Å². The summed E-state index contributed by atoms with van der Waals surface area (Å²) in [4.78, 5) is 7.14. The normalized spacial score (nSPS) is 9.64. The fraction of sp³-hybridized carbons (Fsp3) is 0.375. The number of H-pyrrole nitrogens is 1. The summed E-state index contributed by atoms with van der Waals surface area (Å²) in [5.41, 5.74) is 3.12. The highest BCUT2D eigenvalue weighted by molar-refractivity contribution is 5.09. The number of aryl methyl sites for hydroxylation is 1. The lowest BCUT2D eigenvalue weighted by atomic mass is 10.3. The van der Waals surface area contributed by atoms with E-state index in [0.29, 0.717) is 0 Å². The predicted molar refractivity (Wildman–Crippen MR) is 45.0 cm³/mol. The predicted octanol–water partition coefficient (Wildman–Crippen LogP) is 1.34. The lowest BCUT2D eigenvalue weighted by Crippen LogP contribution is -2.10. The minimum Gasteiger partial charge on any atom is -0.383 e. The Balaban J connectivity index is 2.51. The number of hydrogen-bond donors (Lipinski definition) is 2. The Morgan fingerprint density at radius 3 is 3.00 bits per heavy atom. The molecule has 1 aromatic rings. The minimum atomic E-state index is 0.755. The molecule has 1 aromatic heterocycles. The van der Waals surface area contributed by atoms with Crippen LogP contribution in [0.15, 0.2) is 18.6 Å². The fourth-order valence-electron chi connectivity index (χ4n) is 0.800. The van der Waals surface area contributed by atoms with Gasteiger partial charge in [0.05, 0.1) is 18.6 Å². The van der Waals surface area contributed by atoms with E-state index in [1.807, 2.05) is 13.8 Å². The molecule has 0 aromatic carbocycles. The van der Waals surface area contributed by atoms with E-state index in [-0.39, 0.29) is 0 Å².